The minimum absolute atomic E-state index is 0. The standard InChI is InChI=1S/C28H20NS.C14H16NSi.Ir/c1-17(2)20-14-15-29-25(16-20)24-9-5-8-22-23-13-12-19-11-10-18-6-3-4-7-21(18)26(19)28(23)30-27(22)24;1-16(2,3)13-9-10-14(15-11-13)12-7-5-4-6-8-12;/h3-8,10-17H,1-2H3;4-7,9-11H,1-3H3;/q2*-1;/i17D;;. The molecule has 47 heavy (non-hydrogen) atoms. The van der Waals surface area contributed by atoms with Gasteiger partial charge >= 0.3 is 0 Å². The first-order valence-corrected chi connectivity index (χ1v) is 20.0. The quantitative estimate of drug-likeness (QED) is 0.100. The summed E-state index contributed by atoms with van der Waals surface area (Å²) in [6.45, 7) is 10.8. The van der Waals surface area contributed by atoms with E-state index in [1.54, 1.807) is 0 Å². The molecule has 0 aliphatic heterocycles. The third-order valence-corrected chi connectivity index (χ3v) is 11.8. The van der Waals surface area contributed by atoms with Crippen LogP contribution in [0.25, 0.3) is 64.2 Å². The van der Waals surface area contributed by atoms with Crippen LogP contribution in [0, 0.1) is 12.1 Å². The maximum absolute atomic E-state index is 8.41. The van der Waals surface area contributed by atoms with Crippen LogP contribution in [0.1, 0.15) is 26.7 Å². The van der Waals surface area contributed by atoms with Gasteiger partial charge in [0.05, 0.1) is 8.07 Å². The van der Waals surface area contributed by atoms with Crippen molar-refractivity contribution >= 4 is 66.3 Å². The van der Waals surface area contributed by atoms with Crippen LogP contribution in [-0.4, -0.2) is 18.0 Å². The fourth-order valence-corrected chi connectivity index (χ4v) is 8.32. The van der Waals surface area contributed by atoms with Gasteiger partial charge in [-0.1, -0.05) is 111 Å². The number of rotatable bonds is 4. The van der Waals surface area contributed by atoms with E-state index in [0.717, 1.165) is 28.1 Å². The number of pyridine rings is 2. The van der Waals surface area contributed by atoms with Gasteiger partial charge in [-0.3, -0.25) is 0 Å². The van der Waals surface area contributed by atoms with Gasteiger partial charge in [0.25, 0.3) is 0 Å². The van der Waals surface area contributed by atoms with E-state index in [4.69, 9.17) is 1.37 Å². The molecular formula is C42H36IrN2SSi-2. The molecule has 0 saturated carbocycles. The number of hydrogen-bond donors (Lipinski definition) is 0. The molecule has 0 spiro atoms. The van der Waals surface area contributed by atoms with E-state index in [1.807, 2.05) is 80.0 Å². The van der Waals surface area contributed by atoms with Crippen molar-refractivity contribution in [3.63, 3.8) is 0 Å². The number of aromatic nitrogens is 2. The molecule has 0 fully saturated rings. The van der Waals surface area contributed by atoms with Crippen LogP contribution in [0.2, 0.25) is 19.6 Å². The summed E-state index contributed by atoms with van der Waals surface area (Å²) in [6, 6.07) is 44.5. The minimum Gasteiger partial charge on any atom is -0.305 e. The van der Waals surface area contributed by atoms with E-state index in [1.165, 1.54) is 46.9 Å². The summed E-state index contributed by atoms with van der Waals surface area (Å²) in [5, 5.41) is 9.04. The number of fused-ring (bicyclic) bond motifs is 7. The fourth-order valence-electron chi connectivity index (χ4n) is 5.90. The summed E-state index contributed by atoms with van der Waals surface area (Å²) in [5.74, 6) is -0.666. The van der Waals surface area contributed by atoms with E-state index < -0.39 is 14.0 Å². The molecule has 8 rings (SSSR count). The summed E-state index contributed by atoms with van der Waals surface area (Å²) in [6.07, 6.45) is 3.83. The molecule has 0 aliphatic carbocycles. The van der Waals surface area contributed by atoms with Crippen molar-refractivity contribution in [2.45, 2.75) is 39.4 Å². The monoisotopic (exact) mass is 822 g/mol. The molecule has 8 aromatic rings. The third-order valence-electron chi connectivity index (χ3n) is 8.51. The third kappa shape index (κ3) is 6.59. The first-order chi connectivity index (χ1) is 22.6. The Hall–Kier alpha value is -3.99. The Bertz CT molecular complexity index is 2370. The van der Waals surface area contributed by atoms with Crippen molar-refractivity contribution in [3.05, 3.63) is 139 Å². The van der Waals surface area contributed by atoms with Crippen LogP contribution in [0.15, 0.2) is 122 Å². The van der Waals surface area contributed by atoms with Crippen LogP contribution in [-0.2, 0) is 20.1 Å². The maximum Gasteiger partial charge on any atom is 0.0795 e. The van der Waals surface area contributed by atoms with Gasteiger partial charge < -0.3 is 9.97 Å². The molecule has 0 amide bonds. The van der Waals surface area contributed by atoms with Gasteiger partial charge in [-0.25, -0.2) is 0 Å². The molecule has 5 aromatic carbocycles. The number of hydrogen-bond acceptors (Lipinski definition) is 3. The first-order valence-electron chi connectivity index (χ1n) is 16.2. The molecule has 0 unspecified atom stereocenters. The molecule has 0 saturated heterocycles. The van der Waals surface area contributed by atoms with Crippen molar-refractivity contribution in [1.82, 2.24) is 9.97 Å². The van der Waals surface area contributed by atoms with E-state index in [-0.39, 0.29) is 20.1 Å². The van der Waals surface area contributed by atoms with Crippen molar-refractivity contribution in [1.29, 1.82) is 0 Å². The predicted molar refractivity (Wildman–Crippen MR) is 202 cm³/mol. The zero-order valence-corrected chi connectivity index (χ0v) is 31.4. The van der Waals surface area contributed by atoms with Gasteiger partial charge in [-0.2, -0.15) is 11.3 Å². The second kappa shape index (κ2) is 13.6. The SMILES string of the molecule is C[Si](C)(C)c1ccc(-c2[c-]cccc2)nc1.[2H]C(C)(C)c1ccnc(-c2[c-]ccc3c2sc2c3ccc3ccc4ccccc4c32)c1.[Ir]. The first kappa shape index (κ1) is 31.6. The molecule has 0 atom stereocenters. The van der Waals surface area contributed by atoms with Gasteiger partial charge in [-0.05, 0) is 54.8 Å². The van der Waals surface area contributed by atoms with Crippen LogP contribution < -0.4 is 5.19 Å². The second-order valence-corrected chi connectivity index (χ2v) is 19.0. The molecule has 0 aliphatic rings. The van der Waals surface area contributed by atoms with Crippen molar-refractivity contribution in [2.24, 2.45) is 0 Å². The van der Waals surface area contributed by atoms with Crippen LogP contribution in [0.5, 0.6) is 0 Å². The van der Waals surface area contributed by atoms with Gasteiger partial charge in [0.1, 0.15) is 0 Å². The average molecular weight is 822 g/mol. The summed E-state index contributed by atoms with van der Waals surface area (Å²) >= 11 is 1.82. The Morgan fingerprint density at radius 1 is 0.702 bits per heavy atom. The summed E-state index contributed by atoms with van der Waals surface area (Å²) < 4.78 is 10.9. The Morgan fingerprint density at radius 2 is 1.47 bits per heavy atom. The van der Waals surface area contributed by atoms with Crippen molar-refractivity contribution in [2.75, 3.05) is 0 Å². The Kier molecular flexibility index (Phi) is 9.16. The van der Waals surface area contributed by atoms with E-state index in [9.17, 15) is 0 Å². The molecule has 1 radical (unpaired) electrons. The predicted octanol–water partition coefficient (Wildman–Crippen LogP) is 11.4. The Balaban J connectivity index is 0.000000201. The molecule has 3 heterocycles. The van der Waals surface area contributed by atoms with E-state index in [2.05, 4.69) is 108 Å². The molecule has 0 N–H and O–H groups in total. The summed E-state index contributed by atoms with van der Waals surface area (Å²) in [5.41, 5.74) is 4.91. The molecule has 3 aromatic heterocycles. The molecular weight excluding hydrogens is 785 g/mol. The van der Waals surface area contributed by atoms with Gasteiger partial charge in [-0.15, -0.1) is 59.7 Å². The Morgan fingerprint density at radius 3 is 2.21 bits per heavy atom. The molecule has 235 valence electrons. The average Bonchev–Trinajstić information content (AvgIpc) is 3.47. The largest absolute Gasteiger partial charge is 0.305 e. The summed E-state index contributed by atoms with van der Waals surface area (Å²) in [7, 11) is -1.23. The molecule has 0 bridgehead atoms. The van der Waals surface area contributed by atoms with Gasteiger partial charge in [0.15, 0.2) is 0 Å². The second-order valence-electron chi connectivity index (χ2n) is 12.9. The smallest absolute Gasteiger partial charge is 0.0795 e. The van der Waals surface area contributed by atoms with Crippen molar-refractivity contribution in [3.8, 4) is 22.5 Å². The van der Waals surface area contributed by atoms with Crippen LogP contribution in [0.4, 0.5) is 0 Å². The topological polar surface area (TPSA) is 25.8 Å². The van der Waals surface area contributed by atoms with Gasteiger partial charge in [0.2, 0.25) is 0 Å². The zero-order valence-electron chi connectivity index (χ0n) is 28.2. The molecule has 2 nitrogen and oxygen atoms in total. The van der Waals surface area contributed by atoms with Crippen LogP contribution in [0.3, 0.4) is 0 Å². The minimum atomic E-state index is -1.23. The Labute approximate surface area is 297 Å². The molecule has 5 heteroatoms. The fraction of sp³-hybridized carbons (Fsp3) is 0.143. The zero-order chi connectivity index (χ0) is 32.8. The number of nitrogens with zero attached hydrogens (tertiary/aromatic N) is 2. The number of benzene rings is 5. The van der Waals surface area contributed by atoms with Gasteiger partial charge in [0, 0.05) is 44.0 Å². The number of thiophene rings is 1. The summed E-state index contributed by atoms with van der Waals surface area (Å²) in [4.78, 5) is 9.17. The van der Waals surface area contributed by atoms with E-state index >= 15 is 0 Å². The van der Waals surface area contributed by atoms with E-state index in [0.29, 0.717) is 0 Å². The van der Waals surface area contributed by atoms with Crippen molar-refractivity contribution < 1.29 is 21.5 Å². The normalized spacial score (nSPS) is 12.1. The van der Waals surface area contributed by atoms with Crippen LogP contribution >= 0.6 is 11.3 Å². The maximum atomic E-state index is 8.41.